The zero-order valence-corrected chi connectivity index (χ0v) is 16.0. The Morgan fingerprint density at radius 2 is 2.07 bits per heavy atom. The number of para-hydroxylation sites is 1. The van der Waals surface area contributed by atoms with Crippen molar-refractivity contribution in [3.63, 3.8) is 0 Å². The van der Waals surface area contributed by atoms with Crippen molar-refractivity contribution < 1.29 is 24.0 Å². The van der Waals surface area contributed by atoms with E-state index in [0.717, 1.165) is 10.2 Å². The van der Waals surface area contributed by atoms with Crippen LogP contribution < -0.4 is 10.1 Å². The molecule has 1 amide bonds. The standard InChI is InChI=1S/C19H15N3O6S/c1-27-12-6-7-13(15(10-12)22(25)26)20-17(23)11-28-19(24)9-8-18-21-14-4-2-3-5-16(14)29-18/h2-10H,11H2,1H3,(H,20,23)/b9-8+. The van der Waals surface area contributed by atoms with Gasteiger partial charge in [-0.3, -0.25) is 14.9 Å². The van der Waals surface area contributed by atoms with E-state index in [2.05, 4.69) is 10.3 Å². The van der Waals surface area contributed by atoms with Gasteiger partial charge in [-0.05, 0) is 30.3 Å². The number of nitro groups is 1. The van der Waals surface area contributed by atoms with Crippen LogP contribution >= 0.6 is 11.3 Å². The van der Waals surface area contributed by atoms with Crippen LogP contribution in [0.5, 0.6) is 5.75 Å². The number of nitro benzene ring substituents is 1. The molecule has 0 radical (unpaired) electrons. The molecular formula is C19H15N3O6S. The number of anilines is 1. The van der Waals surface area contributed by atoms with Crippen LogP contribution in [-0.4, -0.2) is 35.5 Å². The van der Waals surface area contributed by atoms with Crippen LogP contribution in [-0.2, 0) is 14.3 Å². The number of ether oxygens (including phenoxy) is 2. The molecule has 3 rings (SSSR count). The lowest BCUT2D eigenvalue weighted by Gasteiger charge is -2.07. The lowest BCUT2D eigenvalue weighted by atomic mass is 10.2. The Bertz CT molecular complexity index is 1080. The number of thiazole rings is 1. The third-order valence-electron chi connectivity index (χ3n) is 3.69. The summed E-state index contributed by atoms with van der Waals surface area (Å²) in [7, 11) is 1.37. The van der Waals surface area contributed by atoms with Gasteiger partial charge in [0.25, 0.3) is 11.6 Å². The number of carbonyl (C=O) groups is 2. The summed E-state index contributed by atoms with van der Waals surface area (Å²) in [5.74, 6) is -1.16. The molecule has 148 valence electrons. The molecule has 0 aliphatic rings. The van der Waals surface area contributed by atoms with Gasteiger partial charge in [0, 0.05) is 6.08 Å². The number of methoxy groups -OCH3 is 1. The average Bonchev–Trinajstić information content (AvgIpc) is 3.14. The highest BCUT2D eigenvalue weighted by Crippen LogP contribution is 2.28. The van der Waals surface area contributed by atoms with Gasteiger partial charge in [0.1, 0.15) is 16.4 Å². The molecule has 29 heavy (non-hydrogen) atoms. The zero-order chi connectivity index (χ0) is 20.8. The van der Waals surface area contributed by atoms with Crippen molar-refractivity contribution in [3.05, 3.63) is 63.7 Å². The van der Waals surface area contributed by atoms with Crippen molar-refractivity contribution in [1.82, 2.24) is 4.98 Å². The van der Waals surface area contributed by atoms with Crippen LogP contribution in [0.2, 0.25) is 0 Å². The molecule has 0 aliphatic carbocycles. The van der Waals surface area contributed by atoms with Crippen molar-refractivity contribution in [2.45, 2.75) is 0 Å². The molecule has 1 aromatic heterocycles. The molecule has 0 unspecified atom stereocenters. The molecular weight excluding hydrogens is 398 g/mol. The van der Waals surface area contributed by atoms with Gasteiger partial charge in [-0.2, -0.15) is 0 Å². The Labute approximate surface area is 168 Å². The van der Waals surface area contributed by atoms with Crippen LogP contribution in [0, 0.1) is 10.1 Å². The minimum absolute atomic E-state index is 0.0260. The summed E-state index contributed by atoms with van der Waals surface area (Å²) in [5.41, 5.74) is 0.465. The number of hydrogen-bond donors (Lipinski definition) is 1. The third-order valence-corrected chi connectivity index (χ3v) is 4.70. The smallest absolute Gasteiger partial charge is 0.331 e. The molecule has 0 saturated carbocycles. The van der Waals surface area contributed by atoms with Gasteiger partial charge < -0.3 is 14.8 Å². The highest BCUT2D eigenvalue weighted by Gasteiger charge is 2.17. The number of aromatic nitrogens is 1. The van der Waals surface area contributed by atoms with E-state index in [0.29, 0.717) is 5.01 Å². The van der Waals surface area contributed by atoms with E-state index in [1.165, 1.54) is 48.8 Å². The molecule has 1 N–H and O–H groups in total. The van der Waals surface area contributed by atoms with Crippen molar-refractivity contribution in [2.24, 2.45) is 0 Å². The number of rotatable bonds is 7. The first kappa shape index (κ1) is 20.0. The molecule has 0 atom stereocenters. The first-order valence-corrected chi connectivity index (χ1v) is 9.10. The van der Waals surface area contributed by atoms with E-state index >= 15 is 0 Å². The Hall–Kier alpha value is -3.79. The number of nitrogens with zero attached hydrogens (tertiary/aromatic N) is 2. The lowest BCUT2D eigenvalue weighted by molar-refractivity contribution is -0.384. The fourth-order valence-electron chi connectivity index (χ4n) is 2.37. The number of hydrogen-bond acceptors (Lipinski definition) is 8. The van der Waals surface area contributed by atoms with Crippen LogP contribution in [0.4, 0.5) is 11.4 Å². The first-order valence-electron chi connectivity index (χ1n) is 8.29. The Morgan fingerprint density at radius 1 is 1.28 bits per heavy atom. The predicted molar refractivity (Wildman–Crippen MR) is 108 cm³/mol. The Kier molecular flexibility index (Phi) is 6.15. The molecule has 1 heterocycles. The van der Waals surface area contributed by atoms with Crippen molar-refractivity contribution >= 4 is 50.9 Å². The highest BCUT2D eigenvalue weighted by atomic mass is 32.1. The van der Waals surface area contributed by atoms with Crippen molar-refractivity contribution in [2.75, 3.05) is 19.0 Å². The maximum atomic E-state index is 12.0. The molecule has 3 aromatic rings. The summed E-state index contributed by atoms with van der Waals surface area (Å²) in [5, 5.41) is 14.1. The first-order chi connectivity index (χ1) is 14.0. The number of amides is 1. The summed E-state index contributed by atoms with van der Waals surface area (Å²) in [4.78, 5) is 38.6. The summed E-state index contributed by atoms with van der Waals surface area (Å²) >= 11 is 1.41. The largest absolute Gasteiger partial charge is 0.496 e. The second-order valence-electron chi connectivity index (χ2n) is 5.65. The SMILES string of the molecule is COc1ccc(NC(=O)COC(=O)/C=C/c2nc3ccccc3s2)c([N+](=O)[O-])c1. The molecule has 0 spiro atoms. The second kappa shape index (κ2) is 8.93. The van der Waals surface area contributed by atoms with Crippen LogP contribution in [0.25, 0.3) is 16.3 Å². The molecule has 0 saturated heterocycles. The van der Waals surface area contributed by atoms with Gasteiger partial charge in [0.05, 0.1) is 28.3 Å². The van der Waals surface area contributed by atoms with Gasteiger partial charge in [0.15, 0.2) is 6.61 Å². The van der Waals surface area contributed by atoms with Crippen LogP contribution in [0.3, 0.4) is 0 Å². The van der Waals surface area contributed by atoms with Crippen LogP contribution in [0.15, 0.2) is 48.5 Å². The fraction of sp³-hybridized carbons (Fsp3) is 0.105. The van der Waals surface area contributed by atoms with E-state index in [1.807, 2.05) is 24.3 Å². The summed E-state index contributed by atoms with van der Waals surface area (Å²) in [6.07, 6.45) is 2.67. The molecule has 0 fully saturated rings. The molecule has 9 nitrogen and oxygen atoms in total. The normalized spacial score (nSPS) is 10.8. The van der Waals surface area contributed by atoms with E-state index < -0.39 is 23.4 Å². The van der Waals surface area contributed by atoms with Crippen molar-refractivity contribution in [3.8, 4) is 5.75 Å². The van der Waals surface area contributed by atoms with Crippen LogP contribution in [0.1, 0.15) is 5.01 Å². The van der Waals surface area contributed by atoms with E-state index in [9.17, 15) is 19.7 Å². The number of benzene rings is 2. The van der Waals surface area contributed by atoms with E-state index in [1.54, 1.807) is 0 Å². The van der Waals surface area contributed by atoms with Gasteiger partial charge in [-0.1, -0.05) is 12.1 Å². The summed E-state index contributed by atoms with van der Waals surface area (Å²) in [6.45, 7) is -0.591. The predicted octanol–water partition coefficient (Wildman–Crippen LogP) is 3.41. The Morgan fingerprint density at radius 3 is 2.79 bits per heavy atom. The monoisotopic (exact) mass is 413 g/mol. The fourth-order valence-corrected chi connectivity index (χ4v) is 3.24. The zero-order valence-electron chi connectivity index (χ0n) is 15.2. The highest BCUT2D eigenvalue weighted by molar-refractivity contribution is 7.19. The summed E-state index contributed by atoms with van der Waals surface area (Å²) < 4.78 is 10.8. The topological polar surface area (TPSA) is 121 Å². The quantitative estimate of drug-likeness (QED) is 0.273. The van der Waals surface area contributed by atoms with Gasteiger partial charge >= 0.3 is 5.97 Å². The number of fused-ring (bicyclic) bond motifs is 1. The lowest BCUT2D eigenvalue weighted by Crippen LogP contribution is -2.20. The molecule has 10 heteroatoms. The van der Waals surface area contributed by atoms with Gasteiger partial charge in [0.2, 0.25) is 0 Å². The molecule has 0 bridgehead atoms. The van der Waals surface area contributed by atoms with Gasteiger partial charge in [-0.25, -0.2) is 9.78 Å². The van der Waals surface area contributed by atoms with Gasteiger partial charge in [-0.15, -0.1) is 11.3 Å². The average molecular weight is 413 g/mol. The second-order valence-corrected chi connectivity index (χ2v) is 6.71. The van der Waals surface area contributed by atoms with Crippen molar-refractivity contribution in [1.29, 1.82) is 0 Å². The number of nitrogens with one attached hydrogen (secondary N) is 1. The number of carbonyl (C=O) groups excluding carboxylic acids is 2. The molecule has 0 aliphatic heterocycles. The maximum Gasteiger partial charge on any atom is 0.331 e. The Balaban J connectivity index is 1.56. The van der Waals surface area contributed by atoms with E-state index in [-0.39, 0.29) is 17.1 Å². The maximum absolute atomic E-state index is 12.0. The minimum atomic E-state index is -0.733. The van der Waals surface area contributed by atoms with E-state index in [4.69, 9.17) is 9.47 Å². The summed E-state index contributed by atoms with van der Waals surface area (Å²) in [6, 6.07) is 11.5. The third kappa shape index (κ3) is 5.14. The number of esters is 1. The molecule has 2 aromatic carbocycles. The minimum Gasteiger partial charge on any atom is -0.496 e.